The molecule has 0 radical (unpaired) electrons. The molecule has 7 nitrogen and oxygen atoms in total. The molecule has 1 aliphatic heterocycles. The lowest BCUT2D eigenvalue weighted by Gasteiger charge is -2.24. The van der Waals surface area contributed by atoms with Gasteiger partial charge in [-0.1, -0.05) is 36.6 Å². The highest BCUT2D eigenvalue weighted by Gasteiger charge is 2.24. The zero-order chi connectivity index (χ0) is 23.3. The van der Waals surface area contributed by atoms with Crippen molar-refractivity contribution in [3.05, 3.63) is 58.9 Å². The molecule has 10 heteroatoms. The van der Waals surface area contributed by atoms with Gasteiger partial charge in [-0.05, 0) is 43.2 Å². The number of anilines is 2. The molecule has 3 rings (SSSR count). The minimum atomic E-state index is -3.87. The van der Waals surface area contributed by atoms with Gasteiger partial charge in [-0.3, -0.25) is 13.9 Å². The highest BCUT2D eigenvalue weighted by Crippen LogP contribution is 2.25. The Balaban J connectivity index is 1.80. The summed E-state index contributed by atoms with van der Waals surface area (Å²) in [6.07, 6.45) is 4.97. The molecule has 2 aromatic rings. The number of hydrogen-bond donors (Lipinski definition) is 1. The first-order valence-corrected chi connectivity index (χ1v) is 12.5. The van der Waals surface area contributed by atoms with E-state index in [-0.39, 0.29) is 16.6 Å². The molecule has 0 aromatic heterocycles. The summed E-state index contributed by atoms with van der Waals surface area (Å²) in [4.78, 5) is 27.6. The van der Waals surface area contributed by atoms with E-state index in [4.69, 9.17) is 11.6 Å². The van der Waals surface area contributed by atoms with Gasteiger partial charge in [-0.15, -0.1) is 0 Å². The molecule has 1 aliphatic rings. The number of halogens is 2. The van der Waals surface area contributed by atoms with Gasteiger partial charge in [0.05, 0.1) is 28.2 Å². The minimum Gasteiger partial charge on any atom is -0.339 e. The van der Waals surface area contributed by atoms with Crippen molar-refractivity contribution in [1.29, 1.82) is 0 Å². The lowest BCUT2D eigenvalue weighted by molar-refractivity contribution is -0.114. The van der Waals surface area contributed by atoms with Gasteiger partial charge in [0.2, 0.25) is 15.9 Å². The molecular weight excluding hydrogens is 457 g/mol. The van der Waals surface area contributed by atoms with E-state index in [1.807, 2.05) is 0 Å². The predicted octanol–water partition coefficient (Wildman–Crippen LogP) is 3.90. The number of rotatable bonds is 6. The first-order chi connectivity index (χ1) is 15.2. The van der Waals surface area contributed by atoms with Crippen molar-refractivity contribution in [2.45, 2.75) is 25.7 Å². The van der Waals surface area contributed by atoms with Crippen LogP contribution in [0.3, 0.4) is 0 Å². The first-order valence-electron chi connectivity index (χ1n) is 10.3. The fourth-order valence-electron chi connectivity index (χ4n) is 3.58. The third-order valence-corrected chi connectivity index (χ3v) is 6.63. The maximum absolute atomic E-state index is 13.5. The van der Waals surface area contributed by atoms with E-state index in [0.717, 1.165) is 48.4 Å². The van der Waals surface area contributed by atoms with Crippen molar-refractivity contribution in [2.75, 3.05) is 35.5 Å². The topological polar surface area (TPSA) is 86.8 Å². The zero-order valence-electron chi connectivity index (χ0n) is 17.7. The van der Waals surface area contributed by atoms with Crippen molar-refractivity contribution in [1.82, 2.24) is 4.90 Å². The maximum Gasteiger partial charge on any atom is 0.255 e. The minimum absolute atomic E-state index is 0.0583. The standard InChI is InChI=1S/C22H25ClFN3O4S/c1-32(30,31)27(16-10-11-19(24)18(23)14-16)15-21(28)25-20-9-5-4-8-17(20)22(29)26-12-6-2-3-7-13-26/h4-5,8-11,14H,2-3,6-7,12-13,15H2,1H3,(H,25,28). The van der Waals surface area contributed by atoms with Gasteiger partial charge >= 0.3 is 0 Å². The summed E-state index contributed by atoms with van der Waals surface area (Å²) in [5, 5.41) is 2.39. The molecule has 1 heterocycles. The summed E-state index contributed by atoms with van der Waals surface area (Å²) in [5.74, 6) is -1.52. The average molecular weight is 482 g/mol. The summed E-state index contributed by atoms with van der Waals surface area (Å²) in [6, 6.07) is 10.0. The molecule has 2 amide bonds. The van der Waals surface area contributed by atoms with Crippen molar-refractivity contribution in [3.8, 4) is 0 Å². The smallest absolute Gasteiger partial charge is 0.255 e. The van der Waals surface area contributed by atoms with Crippen molar-refractivity contribution in [2.24, 2.45) is 0 Å². The lowest BCUT2D eigenvalue weighted by Crippen LogP contribution is -2.38. The molecule has 0 unspecified atom stereocenters. The van der Waals surface area contributed by atoms with Gasteiger partial charge < -0.3 is 10.2 Å². The van der Waals surface area contributed by atoms with Gasteiger partial charge in [0.15, 0.2) is 0 Å². The van der Waals surface area contributed by atoms with Gasteiger partial charge in [0, 0.05) is 13.1 Å². The lowest BCUT2D eigenvalue weighted by atomic mass is 10.1. The number of benzene rings is 2. The first kappa shape index (κ1) is 24.0. The molecular formula is C22H25ClFN3O4S. The third-order valence-electron chi connectivity index (χ3n) is 5.20. The molecule has 0 atom stereocenters. The van der Waals surface area contributed by atoms with Gasteiger partial charge in [0.1, 0.15) is 12.4 Å². The number of hydrogen-bond acceptors (Lipinski definition) is 4. The van der Waals surface area contributed by atoms with E-state index in [1.54, 1.807) is 29.2 Å². The van der Waals surface area contributed by atoms with Crippen LogP contribution in [-0.4, -0.2) is 51.0 Å². The normalized spacial score (nSPS) is 14.5. The van der Waals surface area contributed by atoms with Crippen LogP contribution in [-0.2, 0) is 14.8 Å². The Morgan fingerprint density at radius 3 is 2.38 bits per heavy atom. The van der Waals surface area contributed by atoms with E-state index < -0.39 is 28.3 Å². The summed E-state index contributed by atoms with van der Waals surface area (Å²) in [6.45, 7) is 0.760. The van der Waals surface area contributed by atoms with Gasteiger partial charge in [-0.25, -0.2) is 12.8 Å². The Labute approximate surface area is 192 Å². The van der Waals surface area contributed by atoms with Crippen LogP contribution in [0.1, 0.15) is 36.0 Å². The van der Waals surface area contributed by atoms with Crippen LogP contribution in [0.15, 0.2) is 42.5 Å². The predicted molar refractivity (Wildman–Crippen MR) is 123 cm³/mol. The molecule has 0 bridgehead atoms. The molecule has 172 valence electrons. The Hall–Kier alpha value is -2.65. The van der Waals surface area contributed by atoms with E-state index in [1.165, 1.54) is 6.07 Å². The quantitative estimate of drug-likeness (QED) is 0.678. The van der Waals surface area contributed by atoms with Crippen LogP contribution in [0.2, 0.25) is 5.02 Å². The van der Waals surface area contributed by atoms with Crippen molar-refractivity contribution < 1.29 is 22.4 Å². The number of sulfonamides is 1. The molecule has 1 N–H and O–H groups in total. The second-order valence-electron chi connectivity index (χ2n) is 7.67. The number of nitrogens with one attached hydrogen (secondary N) is 1. The number of carbonyl (C=O) groups excluding carboxylic acids is 2. The summed E-state index contributed by atoms with van der Waals surface area (Å²) >= 11 is 5.78. The summed E-state index contributed by atoms with van der Waals surface area (Å²) in [5.41, 5.74) is 0.707. The van der Waals surface area contributed by atoms with E-state index in [9.17, 15) is 22.4 Å². The van der Waals surface area contributed by atoms with Crippen LogP contribution in [0.25, 0.3) is 0 Å². The second-order valence-corrected chi connectivity index (χ2v) is 9.98. The maximum atomic E-state index is 13.5. The molecule has 1 saturated heterocycles. The van der Waals surface area contributed by atoms with Crippen LogP contribution in [0.4, 0.5) is 15.8 Å². The summed E-state index contributed by atoms with van der Waals surface area (Å²) < 4.78 is 38.9. The number of likely N-dealkylation sites (tertiary alicyclic amines) is 1. The fourth-order valence-corrected chi connectivity index (χ4v) is 4.61. The van der Waals surface area contributed by atoms with Gasteiger partial charge in [-0.2, -0.15) is 0 Å². The number of nitrogens with zero attached hydrogens (tertiary/aromatic N) is 2. The zero-order valence-corrected chi connectivity index (χ0v) is 19.3. The third kappa shape index (κ3) is 5.98. The number of amides is 2. The SMILES string of the molecule is CS(=O)(=O)N(CC(=O)Nc1ccccc1C(=O)N1CCCCCC1)c1ccc(F)c(Cl)c1. The average Bonchev–Trinajstić information content (AvgIpc) is 3.03. The van der Waals surface area contributed by atoms with Crippen LogP contribution in [0.5, 0.6) is 0 Å². The summed E-state index contributed by atoms with van der Waals surface area (Å²) in [7, 11) is -3.87. The molecule has 0 saturated carbocycles. The Bertz CT molecular complexity index is 1100. The Kier molecular flexibility index (Phi) is 7.73. The van der Waals surface area contributed by atoms with Crippen LogP contribution < -0.4 is 9.62 Å². The van der Waals surface area contributed by atoms with Gasteiger partial charge in [0.25, 0.3) is 5.91 Å². The molecule has 32 heavy (non-hydrogen) atoms. The van der Waals surface area contributed by atoms with Crippen LogP contribution in [0, 0.1) is 5.82 Å². The van der Waals surface area contributed by atoms with E-state index in [0.29, 0.717) is 24.3 Å². The largest absolute Gasteiger partial charge is 0.339 e. The van der Waals surface area contributed by atoms with Crippen LogP contribution >= 0.6 is 11.6 Å². The monoisotopic (exact) mass is 481 g/mol. The molecule has 0 spiro atoms. The van der Waals surface area contributed by atoms with E-state index in [2.05, 4.69) is 5.32 Å². The van der Waals surface area contributed by atoms with E-state index >= 15 is 0 Å². The Morgan fingerprint density at radius 2 is 1.75 bits per heavy atom. The molecule has 2 aromatic carbocycles. The van der Waals surface area contributed by atoms with Crippen molar-refractivity contribution >= 4 is 44.8 Å². The highest BCUT2D eigenvalue weighted by atomic mass is 35.5. The fraction of sp³-hybridized carbons (Fsp3) is 0.364. The second kappa shape index (κ2) is 10.3. The highest BCUT2D eigenvalue weighted by molar-refractivity contribution is 7.92. The molecule has 0 aliphatic carbocycles. The van der Waals surface area contributed by atoms with Crippen molar-refractivity contribution in [3.63, 3.8) is 0 Å². The molecule has 1 fully saturated rings. The number of carbonyl (C=O) groups is 2. The Morgan fingerprint density at radius 1 is 1.09 bits per heavy atom. The number of para-hydroxylation sites is 1.